The lowest BCUT2D eigenvalue weighted by Crippen LogP contribution is -2.52. The normalized spacial score (nSPS) is 21.6. The Bertz CT molecular complexity index is 656. The van der Waals surface area contributed by atoms with Crippen molar-refractivity contribution in [3.8, 4) is 0 Å². The topological polar surface area (TPSA) is 60.9 Å². The van der Waals surface area contributed by atoms with Crippen molar-refractivity contribution in [2.24, 2.45) is 5.92 Å². The number of benzene rings is 1. The van der Waals surface area contributed by atoms with Crippen molar-refractivity contribution in [2.45, 2.75) is 19.9 Å². The summed E-state index contributed by atoms with van der Waals surface area (Å²) in [5.74, 6) is -0.444. The Hall–Kier alpha value is -2.37. The smallest absolute Gasteiger partial charge is 0.241 e. The van der Waals surface area contributed by atoms with Crippen LogP contribution in [0.3, 0.4) is 0 Å². The van der Waals surface area contributed by atoms with E-state index in [1.54, 1.807) is 21.7 Å². The third-order valence-electron chi connectivity index (χ3n) is 4.83. The first kappa shape index (κ1) is 16.5. The van der Waals surface area contributed by atoms with Crippen LogP contribution in [0, 0.1) is 12.8 Å². The number of likely N-dealkylation sites (tertiary alicyclic amines) is 1. The molecular formula is C18H23N3O3. The average molecular weight is 329 g/mol. The predicted molar refractivity (Wildman–Crippen MR) is 88.9 cm³/mol. The van der Waals surface area contributed by atoms with E-state index in [1.807, 2.05) is 31.2 Å². The molecule has 2 aliphatic heterocycles. The van der Waals surface area contributed by atoms with Crippen LogP contribution in [0.1, 0.15) is 17.5 Å². The van der Waals surface area contributed by atoms with E-state index in [0.717, 1.165) is 5.56 Å². The fourth-order valence-corrected chi connectivity index (χ4v) is 3.21. The van der Waals surface area contributed by atoms with Gasteiger partial charge in [-0.05, 0) is 12.5 Å². The molecule has 2 saturated heterocycles. The largest absolute Gasteiger partial charge is 0.342 e. The van der Waals surface area contributed by atoms with Gasteiger partial charge in [-0.15, -0.1) is 0 Å². The summed E-state index contributed by atoms with van der Waals surface area (Å²) in [6, 6.07) is 8.07. The van der Waals surface area contributed by atoms with Crippen LogP contribution in [0.25, 0.3) is 0 Å². The molecule has 0 bridgehead atoms. The second kappa shape index (κ2) is 6.63. The van der Waals surface area contributed by atoms with Crippen LogP contribution in [0.2, 0.25) is 0 Å². The summed E-state index contributed by atoms with van der Waals surface area (Å²) >= 11 is 0. The van der Waals surface area contributed by atoms with E-state index in [0.29, 0.717) is 26.2 Å². The fourth-order valence-electron chi connectivity index (χ4n) is 3.21. The zero-order valence-electron chi connectivity index (χ0n) is 14.2. The Morgan fingerprint density at radius 3 is 2.50 bits per heavy atom. The molecule has 2 heterocycles. The summed E-state index contributed by atoms with van der Waals surface area (Å²) in [5, 5.41) is 0. The standard InChI is InChI=1S/C18H23N3O3/c1-13-3-5-14(6-4-13)10-21-11-15(9-16(21)22)18(24)20-8-7-19(2)17(23)12-20/h3-6,15H,7-12H2,1-2H3. The van der Waals surface area contributed by atoms with Crippen LogP contribution in [-0.2, 0) is 20.9 Å². The molecular weight excluding hydrogens is 306 g/mol. The fraction of sp³-hybridized carbons (Fsp3) is 0.500. The molecule has 6 heteroatoms. The van der Waals surface area contributed by atoms with Gasteiger partial charge in [-0.1, -0.05) is 29.8 Å². The quantitative estimate of drug-likeness (QED) is 0.818. The highest BCUT2D eigenvalue weighted by Gasteiger charge is 2.38. The number of hydrogen-bond donors (Lipinski definition) is 0. The molecule has 1 aromatic carbocycles. The lowest BCUT2D eigenvalue weighted by Gasteiger charge is -2.33. The molecule has 0 aromatic heterocycles. The number of hydrogen-bond acceptors (Lipinski definition) is 3. The maximum atomic E-state index is 12.6. The molecule has 2 aliphatic rings. The second-order valence-corrected chi connectivity index (χ2v) is 6.74. The Balaban J connectivity index is 1.60. The van der Waals surface area contributed by atoms with Gasteiger partial charge < -0.3 is 14.7 Å². The van der Waals surface area contributed by atoms with Crippen molar-refractivity contribution >= 4 is 17.7 Å². The average Bonchev–Trinajstić information content (AvgIpc) is 2.92. The molecule has 0 radical (unpaired) electrons. The summed E-state index contributed by atoms with van der Waals surface area (Å²) in [4.78, 5) is 41.6. The van der Waals surface area contributed by atoms with Crippen molar-refractivity contribution in [1.29, 1.82) is 0 Å². The summed E-state index contributed by atoms with van der Waals surface area (Å²) in [6.07, 6.45) is 0.241. The van der Waals surface area contributed by atoms with Gasteiger partial charge >= 0.3 is 0 Å². The van der Waals surface area contributed by atoms with E-state index in [9.17, 15) is 14.4 Å². The molecule has 0 spiro atoms. The van der Waals surface area contributed by atoms with Gasteiger partial charge in [-0.3, -0.25) is 14.4 Å². The van der Waals surface area contributed by atoms with Gasteiger partial charge in [-0.2, -0.15) is 0 Å². The molecule has 6 nitrogen and oxygen atoms in total. The zero-order chi connectivity index (χ0) is 17.3. The Morgan fingerprint density at radius 2 is 1.83 bits per heavy atom. The number of carbonyl (C=O) groups excluding carboxylic acids is 3. The lowest BCUT2D eigenvalue weighted by atomic mass is 10.1. The minimum atomic E-state index is -0.334. The number of nitrogens with zero attached hydrogens (tertiary/aromatic N) is 3. The molecule has 2 fully saturated rings. The Labute approximate surface area is 142 Å². The minimum absolute atomic E-state index is 0.00868. The molecule has 1 unspecified atom stereocenters. The summed E-state index contributed by atoms with van der Waals surface area (Å²) in [6.45, 7) is 4.22. The number of likely N-dealkylation sites (N-methyl/N-ethyl adjacent to an activating group) is 1. The van der Waals surface area contributed by atoms with Crippen LogP contribution in [0.5, 0.6) is 0 Å². The van der Waals surface area contributed by atoms with E-state index in [2.05, 4.69) is 0 Å². The van der Waals surface area contributed by atoms with Gasteiger partial charge in [0.15, 0.2) is 0 Å². The van der Waals surface area contributed by atoms with E-state index >= 15 is 0 Å². The maximum absolute atomic E-state index is 12.6. The van der Waals surface area contributed by atoms with Crippen molar-refractivity contribution < 1.29 is 14.4 Å². The highest BCUT2D eigenvalue weighted by molar-refractivity contribution is 5.92. The van der Waals surface area contributed by atoms with Crippen molar-refractivity contribution in [3.05, 3.63) is 35.4 Å². The number of rotatable bonds is 3. The first-order chi connectivity index (χ1) is 11.4. The molecule has 128 valence electrons. The highest BCUT2D eigenvalue weighted by atomic mass is 16.2. The molecule has 1 aromatic rings. The van der Waals surface area contributed by atoms with Crippen LogP contribution >= 0.6 is 0 Å². The van der Waals surface area contributed by atoms with Crippen molar-refractivity contribution in [2.75, 3.05) is 33.2 Å². The minimum Gasteiger partial charge on any atom is -0.342 e. The zero-order valence-corrected chi connectivity index (χ0v) is 14.2. The van der Waals surface area contributed by atoms with Crippen LogP contribution < -0.4 is 0 Å². The number of aryl methyl sites for hydroxylation is 1. The first-order valence-corrected chi connectivity index (χ1v) is 8.30. The van der Waals surface area contributed by atoms with E-state index < -0.39 is 0 Å². The van der Waals surface area contributed by atoms with Crippen molar-refractivity contribution in [3.63, 3.8) is 0 Å². The number of piperazine rings is 1. The molecule has 24 heavy (non-hydrogen) atoms. The summed E-state index contributed by atoms with van der Waals surface area (Å²) in [5.41, 5.74) is 2.25. The number of amides is 3. The van der Waals surface area contributed by atoms with Gasteiger partial charge in [0.05, 0.1) is 12.5 Å². The molecule has 0 N–H and O–H groups in total. The SMILES string of the molecule is Cc1ccc(CN2CC(C(=O)N3CCN(C)C(=O)C3)CC2=O)cc1. The lowest BCUT2D eigenvalue weighted by molar-refractivity contribution is -0.146. The van der Waals surface area contributed by atoms with Gasteiger partial charge in [0, 0.05) is 39.6 Å². The molecule has 3 amide bonds. The first-order valence-electron chi connectivity index (χ1n) is 8.30. The van der Waals surface area contributed by atoms with E-state index in [4.69, 9.17) is 0 Å². The van der Waals surface area contributed by atoms with Gasteiger partial charge in [0.25, 0.3) is 0 Å². The van der Waals surface area contributed by atoms with E-state index in [1.165, 1.54) is 5.56 Å². The summed E-state index contributed by atoms with van der Waals surface area (Å²) < 4.78 is 0. The highest BCUT2D eigenvalue weighted by Crippen LogP contribution is 2.23. The number of carbonyl (C=O) groups is 3. The van der Waals surface area contributed by atoms with Crippen molar-refractivity contribution in [1.82, 2.24) is 14.7 Å². The van der Waals surface area contributed by atoms with E-state index in [-0.39, 0.29) is 36.6 Å². The second-order valence-electron chi connectivity index (χ2n) is 6.74. The van der Waals surface area contributed by atoms with Gasteiger partial charge in [-0.25, -0.2) is 0 Å². The molecule has 0 aliphatic carbocycles. The Kier molecular flexibility index (Phi) is 4.55. The van der Waals surface area contributed by atoms with Crippen LogP contribution in [0.4, 0.5) is 0 Å². The summed E-state index contributed by atoms with van der Waals surface area (Å²) in [7, 11) is 1.74. The third kappa shape index (κ3) is 3.42. The Morgan fingerprint density at radius 1 is 1.12 bits per heavy atom. The molecule has 3 rings (SSSR count). The van der Waals surface area contributed by atoms with Gasteiger partial charge in [0.1, 0.15) is 0 Å². The van der Waals surface area contributed by atoms with Gasteiger partial charge in [0.2, 0.25) is 17.7 Å². The monoisotopic (exact) mass is 329 g/mol. The van der Waals surface area contributed by atoms with Crippen LogP contribution in [-0.4, -0.2) is 65.6 Å². The molecule has 1 atom stereocenters. The maximum Gasteiger partial charge on any atom is 0.241 e. The predicted octanol–water partition coefficient (Wildman–Crippen LogP) is 0.644. The molecule has 0 saturated carbocycles. The van der Waals surface area contributed by atoms with Crippen LogP contribution in [0.15, 0.2) is 24.3 Å². The third-order valence-corrected chi connectivity index (χ3v) is 4.83.